The second-order valence-corrected chi connectivity index (χ2v) is 8.93. The van der Waals surface area contributed by atoms with Crippen LogP contribution >= 0.6 is 27.3 Å². The van der Waals surface area contributed by atoms with E-state index in [9.17, 15) is 13.2 Å². The molecule has 0 bridgehead atoms. The molecule has 1 heterocycles. The van der Waals surface area contributed by atoms with Gasteiger partial charge < -0.3 is 5.73 Å². The van der Waals surface area contributed by atoms with Crippen LogP contribution in [0, 0.1) is 6.92 Å². The van der Waals surface area contributed by atoms with E-state index in [-0.39, 0.29) is 10.6 Å². The molecule has 3 N–H and O–H groups in total. The highest BCUT2D eigenvalue weighted by Crippen LogP contribution is 2.31. The van der Waals surface area contributed by atoms with Crippen molar-refractivity contribution in [1.29, 1.82) is 0 Å². The van der Waals surface area contributed by atoms with Crippen LogP contribution < -0.4 is 10.5 Å². The molecular weight excluding hydrogens is 340 g/mol. The number of nitrogens with one attached hydrogen (secondary N) is 1. The Kier molecular flexibility index (Phi) is 4.58. The van der Waals surface area contributed by atoms with Crippen molar-refractivity contribution < 1.29 is 13.2 Å². The van der Waals surface area contributed by atoms with E-state index in [4.69, 9.17) is 5.73 Å². The van der Waals surface area contributed by atoms with Gasteiger partial charge in [0.2, 0.25) is 5.91 Å². The third-order valence-electron chi connectivity index (χ3n) is 2.13. The van der Waals surface area contributed by atoms with Crippen molar-refractivity contribution in [3.05, 3.63) is 15.4 Å². The zero-order chi connectivity index (χ0) is 14.1. The topological polar surface area (TPSA) is 89.3 Å². The van der Waals surface area contributed by atoms with Crippen LogP contribution in [0.25, 0.3) is 0 Å². The first-order valence-corrected chi connectivity index (χ1v) is 8.21. The van der Waals surface area contributed by atoms with Crippen molar-refractivity contribution in [2.45, 2.75) is 36.9 Å². The number of amides is 1. The number of nitrogens with two attached hydrogens (primary N) is 1. The van der Waals surface area contributed by atoms with Crippen LogP contribution in [-0.4, -0.2) is 19.9 Å². The first-order valence-electron chi connectivity index (χ1n) is 5.12. The molecule has 1 aromatic heterocycles. The van der Waals surface area contributed by atoms with Gasteiger partial charge in [-0.2, -0.15) is 0 Å². The molecule has 0 spiro atoms. The highest BCUT2D eigenvalue weighted by Gasteiger charge is 2.29. The Bertz CT molecular complexity index is 544. The highest BCUT2D eigenvalue weighted by molar-refractivity contribution is 9.11. The van der Waals surface area contributed by atoms with Crippen LogP contribution in [-0.2, 0) is 14.8 Å². The van der Waals surface area contributed by atoms with Gasteiger partial charge in [0.05, 0.1) is 3.79 Å². The van der Waals surface area contributed by atoms with Crippen LogP contribution in [0.3, 0.4) is 0 Å². The first kappa shape index (κ1) is 15.6. The summed E-state index contributed by atoms with van der Waals surface area (Å²) < 4.78 is 27.7. The van der Waals surface area contributed by atoms with Crippen molar-refractivity contribution in [1.82, 2.24) is 4.72 Å². The van der Waals surface area contributed by atoms with Gasteiger partial charge in [-0.3, -0.25) is 4.79 Å². The number of rotatable bonds is 5. The molecule has 8 heteroatoms. The van der Waals surface area contributed by atoms with Crippen LogP contribution in [0.2, 0.25) is 0 Å². The largest absolute Gasteiger partial charge is 0.370 e. The summed E-state index contributed by atoms with van der Waals surface area (Å²) in [4.78, 5) is 10.9. The molecule has 1 aromatic rings. The van der Waals surface area contributed by atoms with Gasteiger partial charge in [0.1, 0.15) is 4.21 Å². The smallest absolute Gasteiger partial charge is 0.250 e. The fourth-order valence-corrected chi connectivity index (χ4v) is 5.09. The number of primary amides is 1. The van der Waals surface area contributed by atoms with E-state index in [0.29, 0.717) is 0 Å². The fraction of sp³-hybridized carbons (Fsp3) is 0.500. The van der Waals surface area contributed by atoms with Crippen LogP contribution in [0.5, 0.6) is 0 Å². The molecule has 1 amide bonds. The minimum absolute atomic E-state index is 0.0578. The summed E-state index contributed by atoms with van der Waals surface area (Å²) in [7, 11) is -3.63. The fourth-order valence-electron chi connectivity index (χ4n) is 1.45. The highest BCUT2D eigenvalue weighted by atomic mass is 79.9. The number of thiophene rings is 1. The van der Waals surface area contributed by atoms with Gasteiger partial charge in [0.25, 0.3) is 10.0 Å². The molecule has 0 unspecified atom stereocenters. The zero-order valence-electron chi connectivity index (χ0n) is 10.3. The van der Waals surface area contributed by atoms with Gasteiger partial charge >= 0.3 is 0 Å². The maximum Gasteiger partial charge on any atom is 0.250 e. The van der Waals surface area contributed by atoms with Gasteiger partial charge in [0, 0.05) is 12.0 Å². The van der Waals surface area contributed by atoms with Crippen LogP contribution in [0.4, 0.5) is 0 Å². The van der Waals surface area contributed by atoms with Gasteiger partial charge in [-0.1, -0.05) is 0 Å². The lowest BCUT2D eigenvalue weighted by Crippen LogP contribution is -2.45. The summed E-state index contributed by atoms with van der Waals surface area (Å²) in [6.45, 7) is 5.05. The van der Waals surface area contributed by atoms with Crippen LogP contribution in [0.15, 0.2) is 14.1 Å². The van der Waals surface area contributed by atoms with E-state index < -0.39 is 21.5 Å². The Hall–Kier alpha value is -0.440. The zero-order valence-corrected chi connectivity index (χ0v) is 13.5. The second-order valence-electron chi connectivity index (χ2n) is 4.65. The Balaban J connectivity index is 2.98. The Morgan fingerprint density at radius 2 is 2.11 bits per heavy atom. The lowest BCUT2D eigenvalue weighted by atomic mass is 10.0. The molecule has 0 aliphatic carbocycles. The van der Waals surface area contributed by atoms with Crippen LogP contribution in [0.1, 0.15) is 25.8 Å². The lowest BCUT2D eigenvalue weighted by molar-refractivity contribution is -0.119. The van der Waals surface area contributed by atoms with Crippen molar-refractivity contribution in [2.24, 2.45) is 5.73 Å². The number of aryl methyl sites for hydroxylation is 1. The normalized spacial score (nSPS) is 12.7. The molecule has 0 saturated carbocycles. The average Bonchev–Trinajstić information content (AvgIpc) is 2.42. The Morgan fingerprint density at radius 3 is 2.50 bits per heavy atom. The van der Waals surface area contributed by atoms with E-state index in [1.807, 2.05) is 6.92 Å². The third kappa shape index (κ3) is 4.04. The van der Waals surface area contributed by atoms with E-state index in [0.717, 1.165) is 20.7 Å². The maximum atomic E-state index is 12.1. The molecule has 0 saturated heterocycles. The number of sulfonamides is 1. The number of carbonyl (C=O) groups is 1. The van der Waals surface area contributed by atoms with Crippen molar-refractivity contribution in [3.63, 3.8) is 0 Å². The number of halogens is 1. The molecule has 0 aliphatic rings. The third-order valence-corrected chi connectivity index (χ3v) is 6.43. The second kappa shape index (κ2) is 5.28. The van der Waals surface area contributed by atoms with Crippen molar-refractivity contribution in [3.8, 4) is 0 Å². The van der Waals surface area contributed by atoms with Gasteiger partial charge in [-0.25, -0.2) is 13.1 Å². The molecule has 0 fully saturated rings. The Labute approximate surface area is 119 Å². The summed E-state index contributed by atoms with van der Waals surface area (Å²) in [5.74, 6) is -0.550. The summed E-state index contributed by atoms with van der Waals surface area (Å²) in [5, 5.41) is 0. The number of carbonyl (C=O) groups excluding carboxylic acids is 1. The molecule has 0 atom stereocenters. The number of hydrogen-bond acceptors (Lipinski definition) is 4. The predicted octanol–water partition coefficient (Wildman–Crippen LogP) is 1.75. The SMILES string of the molecule is Cc1cc(S(=O)(=O)NC(C)(C)CC(N)=O)sc1Br. The number of hydrogen-bond donors (Lipinski definition) is 2. The van der Waals surface area contributed by atoms with Gasteiger partial charge in [0.15, 0.2) is 0 Å². The molecule has 0 aromatic carbocycles. The van der Waals surface area contributed by atoms with E-state index in [2.05, 4.69) is 20.7 Å². The summed E-state index contributed by atoms with van der Waals surface area (Å²) in [6.07, 6.45) is -0.0578. The summed E-state index contributed by atoms with van der Waals surface area (Å²) in [6, 6.07) is 1.58. The molecule has 102 valence electrons. The summed E-state index contributed by atoms with van der Waals surface area (Å²) in [5.41, 5.74) is 5.03. The summed E-state index contributed by atoms with van der Waals surface area (Å²) >= 11 is 4.41. The molecule has 5 nitrogen and oxygen atoms in total. The minimum atomic E-state index is -3.63. The van der Waals surface area contributed by atoms with Crippen molar-refractivity contribution in [2.75, 3.05) is 0 Å². The molecule has 0 radical (unpaired) electrons. The molecule has 1 rings (SSSR count). The molecular formula is C10H15BrN2O3S2. The van der Waals surface area contributed by atoms with Gasteiger partial charge in [-0.15, -0.1) is 11.3 Å². The van der Waals surface area contributed by atoms with Gasteiger partial charge in [-0.05, 0) is 48.3 Å². The molecule has 0 aliphatic heterocycles. The maximum absolute atomic E-state index is 12.1. The first-order chi connectivity index (χ1) is 8.03. The lowest BCUT2D eigenvalue weighted by Gasteiger charge is -2.23. The quantitative estimate of drug-likeness (QED) is 0.843. The monoisotopic (exact) mass is 354 g/mol. The Morgan fingerprint density at radius 1 is 1.56 bits per heavy atom. The predicted molar refractivity (Wildman–Crippen MR) is 75.0 cm³/mol. The minimum Gasteiger partial charge on any atom is -0.370 e. The van der Waals surface area contributed by atoms with E-state index in [1.54, 1.807) is 19.9 Å². The molecule has 18 heavy (non-hydrogen) atoms. The standard InChI is InChI=1S/C10H15BrN2O3S2/c1-6-4-8(17-9(6)11)18(15,16)13-10(2,3)5-7(12)14/h4,13H,5H2,1-3H3,(H2,12,14). The average molecular weight is 355 g/mol. The van der Waals surface area contributed by atoms with Crippen molar-refractivity contribution >= 4 is 43.2 Å². The van der Waals surface area contributed by atoms with E-state index >= 15 is 0 Å². The van der Waals surface area contributed by atoms with E-state index in [1.165, 1.54) is 0 Å².